The summed E-state index contributed by atoms with van der Waals surface area (Å²) < 4.78 is 5.21. The highest BCUT2D eigenvalue weighted by molar-refractivity contribution is 5.47. The SMILES string of the molecule is CC1c2cc(O)c(O)cc2CCN1CC1(O)OCC(O)C(O)C1O. The van der Waals surface area contributed by atoms with Gasteiger partial charge in [0, 0.05) is 12.6 Å². The zero-order chi connectivity index (χ0) is 17.6. The van der Waals surface area contributed by atoms with Crippen LogP contribution in [0.15, 0.2) is 12.1 Å². The first-order valence-corrected chi connectivity index (χ1v) is 7.92. The molecule has 0 radical (unpaired) electrons. The first-order valence-electron chi connectivity index (χ1n) is 7.92. The summed E-state index contributed by atoms with van der Waals surface area (Å²) in [5.41, 5.74) is 1.72. The molecule has 1 saturated heterocycles. The highest BCUT2D eigenvalue weighted by Gasteiger charge is 2.50. The van der Waals surface area contributed by atoms with Gasteiger partial charge >= 0.3 is 0 Å². The highest BCUT2D eigenvalue weighted by Crippen LogP contribution is 2.38. The quantitative estimate of drug-likeness (QED) is 0.370. The Bertz CT molecular complexity index is 625. The molecule has 0 aliphatic carbocycles. The van der Waals surface area contributed by atoms with E-state index in [1.165, 1.54) is 12.1 Å². The van der Waals surface area contributed by atoms with Crippen molar-refractivity contribution in [3.05, 3.63) is 23.3 Å². The van der Waals surface area contributed by atoms with Crippen molar-refractivity contribution in [2.24, 2.45) is 0 Å². The van der Waals surface area contributed by atoms with E-state index in [1.807, 2.05) is 11.8 Å². The van der Waals surface area contributed by atoms with Gasteiger partial charge < -0.3 is 35.4 Å². The Labute approximate surface area is 139 Å². The molecule has 0 amide bonds. The van der Waals surface area contributed by atoms with E-state index in [0.29, 0.717) is 13.0 Å². The Morgan fingerprint density at radius 1 is 1.21 bits per heavy atom. The fourth-order valence-corrected chi connectivity index (χ4v) is 3.43. The van der Waals surface area contributed by atoms with Gasteiger partial charge in [0.1, 0.15) is 18.3 Å². The standard InChI is InChI=1S/C16H23NO7/c1-8-10-5-12(19)11(18)4-9(10)2-3-17(8)7-16(23)15(22)14(21)13(20)6-24-16/h4-5,8,13-15,18-23H,2-3,6-7H2,1H3. The summed E-state index contributed by atoms with van der Waals surface area (Å²) in [6.45, 7) is 2.07. The molecule has 5 unspecified atom stereocenters. The summed E-state index contributed by atoms with van der Waals surface area (Å²) in [4.78, 5) is 1.85. The molecule has 8 heteroatoms. The number of β-amino-alcohol motifs (C(OH)–C–C–N with tert-alkyl or cyclic N) is 1. The monoisotopic (exact) mass is 341 g/mol. The lowest BCUT2D eigenvalue weighted by Gasteiger charge is -2.46. The van der Waals surface area contributed by atoms with Gasteiger partial charge in [0.2, 0.25) is 5.79 Å². The maximum atomic E-state index is 10.6. The lowest BCUT2D eigenvalue weighted by atomic mass is 9.90. The van der Waals surface area contributed by atoms with Gasteiger partial charge in [-0.1, -0.05) is 0 Å². The summed E-state index contributed by atoms with van der Waals surface area (Å²) in [6.07, 6.45) is -3.79. The number of rotatable bonds is 2. The fourth-order valence-electron chi connectivity index (χ4n) is 3.43. The Kier molecular flexibility index (Phi) is 4.45. The first-order chi connectivity index (χ1) is 11.2. The van der Waals surface area contributed by atoms with Crippen molar-refractivity contribution < 1.29 is 35.4 Å². The minimum Gasteiger partial charge on any atom is -0.504 e. The molecule has 5 atom stereocenters. The van der Waals surface area contributed by atoms with Crippen LogP contribution in [0.25, 0.3) is 0 Å². The van der Waals surface area contributed by atoms with Crippen molar-refractivity contribution in [2.45, 2.75) is 43.5 Å². The van der Waals surface area contributed by atoms with Gasteiger partial charge in [-0.05, 0) is 36.6 Å². The molecule has 0 bridgehead atoms. The molecule has 0 saturated carbocycles. The molecule has 0 spiro atoms. The van der Waals surface area contributed by atoms with E-state index in [1.54, 1.807) is 0 Å². The number of ether oxygens (including phenoxy) is 1. The Morgan fingerprint density at radius 3 is 2.58 bits per heavy atom. The van der Waals surface area contributed by atoms with Gasteiger partial charge in [-0.2, -0.15) is 0 Å². The second-order valence-corrected chi connectivity index (χ2v) is 6.59. The van der Waals surface area contributed by atoms with Crippen LogP contribution in [0.5, 0.6) is 11.5 Å². The van der Waals surface area contributed by atoms with E-state index in [-0.39, 0.29) is 30.7 Å². The zero-order valence-corrected chi connectivity index (χ0v) is 13.3. The maximum Gasteiger partial charge on any atom is 0.207 e. The van der Waals surface area contributed by atoms with Crippen molar-refractivity contribution >= 4 is 0 Å². The lowest BCUT2D eigenvalue weighted by molar-refractivity contribution is -0.326. The average molecular weight is 341 g/mol. The fraction of sp³-hybridized carbons (Fsp3) is 0.625. The normalized spacial score (nSPS) is 37.2. The van der Waals surface area contributed by atoms with Gasteiger partial charge in [-0.25, -0.2) is 0 Å². The topological polar surface area (TPSA) is 134 Å². The number of nitrogens with zero attached hydrogens (tertiary/aromatic N) is 1. The van der Waals surface area contributed by atoms with Crippen LogP contribution in [0, 0.1) is 0 Å². The zero-order valence-electron chi connectivity index (χ0n) is 13.3. The number of aliphatic hydroxyl groups is 4. The summed E-state index contributed by atoms with van der Waals surface area (Å²) in [5, 5.41) is 59.3. The first kappa shape index (κ1) is 17.4. The molecule has 134 valence electrons. The Morgan fingerprint density at radius 2 is 1.88 bits per heavy atom. The van der Waals surface area contributed by atoms with E-state index >= 15 is 0 Å². The van der Waals surface area contributed by atoms with Crippen LogP contribution in [0.2, 0.25) is 0 Å². The molecular formula is C16H23NO7. The summed E-state index contributed by atoms with van der Waals surface area (Å²) in [7, 11) is 0. The van der Waals surface area contributed by atoms with E-state index in [4.69, 9.17) is 4.74 Å². The van der Waals surface area contributed by atoms with Crippen LogP contribution in [0.1, 0.15) is 24.1 Å². The summed E-state index contributed by atoms with van der Waals surface area (Å²) in [5.74, 6) is -2.38. The Hall–Kier alpha value is -1.42. The van der Waals surface area contributed by atoms with Gasteiger partial charge in [0.05, 0.1) is 13.2 Å². The molecule has 8 nitrogen and oxygen atoms in total. The predicted molar refractivity (Wildman–Crippen MR) is 82.4 cm³/mol. The molecule has 2 heterocycles. The van der Waals surface area contributed by atoms with Gasteiger partial charge in [-0.3, -0.25) is 4.90 Å². The molecule has 24 heavy (non-hydrogen) atoms. The van der Waals surface area contributed by atoms with Crippen molar-refractivity contribution in [2.75, 3.05) is 19.7 Å². The third-order valence-corrected chi connectivity index (χ3v) is 5.02. The number of hydrogen-bond donors (Lipinski definition) is 6. The van der Waals surface area contributed by atoms with Crippen LogP contribution >= 0.6 is 0 Å². The molecule has 6 N–H and O–H groups in total. The molecule has 2 aliphatic rings. The molecule has 3 rings (SSSR count). The third kappa shape index (κ3) is 2.85. The van der Waals surface area contributed by atoms with Crippen LogP contribution in [0.4, 0.5) is 0 Å². The molecule has 2 aliphatic heterocycles. The number of phenols is 2. The number of hydrogen-bond acceptors (Lipinski definition) is 8. The van der Waals surface area contributed by atoms with Crippen LogP contribution in [0.3, 0.4) is 0 Å². The van der Waals surface area contributed by atoms with Crippen molar-refractivity contribution in [1.29, 1.82) is 0 Å². The number of phenolic OH excluding ortho intramolecular Hbond substituents is 2. The second kappa shape index (κ2) is 6.14. The molecule has 1 fully saturated rings. The van der Waals surface area contributed by atoms with Gasteiger partial charge in [0.25, 0.3) is 0 Å². The number of aromatic hydroxyl groups is 2. The molecular weight excluding hydrogens is 318 g/mol. The summed E-state index contributed by atoms with van der Waals surface area (Å²) >= 11 is 0. The minimum absolute atomic E-state index is 0.0693. The molecule has 1 aromatic rings. The predicted octanol–water partition coefficient (Wildman–Crippen LogP) is -1.18. The van der Waals surface area contributed by atoms with Crippen LogP contribution < -0.4 is 0 Å². The average Bonchev–Trinajstić information content (AvgIpc) is 2.54. The van der Waals surface area contributed by atoms with E-state index < -0.39 is 24.1 Å². The Balaban J connectivity index is 1.80. The van der Waals surface area contributed by atoms with Crippen molar-refractivity contribution in [3.63, 3.8) is 0 Å². The minimum atomic E-state index is -2.00. The number of aliphatic hydroxyl groups excluding tert-OH is 3. The largest absolute Gasteiger partial charge is 0.504 e. The van der Waals surface area contributed by atoms with Crippen LogP contribution in [-0.4, -0.2) is 79.3 Å². The van der Waals surface area contributed by atoms with Gasteiger partial charge in [-0.15, -0.1) is 0 Å². The highest BCUT2D eigenvalue weighted by atomic mass is 16.6. The van der Waals surface area contributed by atoms with Gasteiger partial charge in [0.15, 0.2) is 11.5 Å². The van der Waals surface area contributed by atoms with E-state index in [2.05, 4.69) is 0 Å². The summed E-state index contributed by atoms with van der Waals surface area (Å²) in [6, 6.07) is 2.81. The smallest absolute Gasteiger partial charge is 0.207 e. The van der Waals surface area contributed by atoms with Crippen molar-refractivity contribution in [3.8, 4) is 11.5 Å². The van der Waals surface area contributed by atoms with E-state index in [0.717, 1.165) is 11.1 Å². The van der Waals surface area contributed by atoms with Crippen molar-refractivity contribution in [1.82, 2.24) is 4.90 Å². The number of fused-ring (bicyclic) bond motifs is 1. The van der Waals surface area contributed by atoms with Crippen LogP contribution in [-0.2, 0) is 11.2 Å². The van der Waals surface area contributed by atoms with E-state index in [9.17, 15) is 30.6 Å². The lowest BCUT2D eigenvalue weighted by Crippen LogP contribution is -2.65. The molecule has 0 aromatic heterocycles. The second-order valence-electron chi connectivity index (χ2n) is 6.59. The number of benzene rings is 1. The third-order valence-electron chi connectivity index (χ3n) is 5.02. The molecule has 1 aromatic carbocycles. The maximum absolute atomic E-state index is 10.6.